The monoisotopic (exact) mass is 1710 g/mol. The van der Waals surface area contributed by atoms with E-state index < -0.39 is 132 Å². The van der Waals surface area contributed by atoms with Gasteiger partial charge in [0.15, 0.2) is 18.0 Å². The number of halogens is 6. The number of amides is 2. The fraction of sp³-hybridized carbons (Fsp3) is 0.714. The Morgan fingerprint density at radius 3 is 1.38 bits per heavy atom. The van der Waals surface area contributed by atoms with E-state index in [4.69, 9.17) is 126 Å². The Hall–Kier alpha value is -4.51. The van der Waals surface area contributed by atoms with Gasteiger partial charge in [0.05, 0.1) is 38.7 Å². The summed E-state index contributed by atoms with van der Waals surface area (Å²) in [7, 11) is -5.20. The van der Waals surface area contributed by atoms with E-state index in [1.807, 2.05) is 30.3 Å². The maximum atomic E-state index is 15.9. The number of benzene rings is 3. The fourth-order valence-electron chi connectivity index (χ4n) is 12.6. The molecule has 3 aromatic carbocycles. The van der Waals surface area contributed by atoms with E-state index in [1.54, 1.807) is 36.4 Å². The number of ether oxygens (including phenoxy) is 9. The Bertz CT molecular complexity index is 3020. The Morgan fingerprint density at radius 1 is 0.509 bits per heavy atom. The number of phosphoric acid groups is 1. The summed E-state index contributed by atoms with van der Waals surface area (Å²) in [5.74, 6) is -2.51. The van der Waals surface area contributed by atoms with Gasteiger partial charge in [-0.2, -0.15) is 0 Å². The highest BCUT2D eigenvalue weighted by Gasteiger charge is 2.55. The van der Waals surface area contributed by atoms with Crippen LogP contribution < -0.4 is 19.7 Å². The minimum Gasteiger partial charge on any atom is -0.462 e. The van der Waals surface area contributed by atoms with Crippen LogP contribution in [0.5, 0.6) is 11.5 Å². The normalized spacial score (nSPS) is 16.8. The zero-order valence-corrected chi connectivity index (χ0v) is 72.6. The zero-order valence-electron chi connectivity index (χ0n) is 67.2. The molecular weight excluding hydrogens is 1580 g/mol. The van der Waals surface area contributed by atoms with E-state index in [2.05, 4.69) is 38.3 Å². The molecule has 0 bridgehead atoms. The number of rotatable bonds is 62. The Balaban J connectivity index is 1.91. The lowest BCUT2D eigenvalue weighted by Crippen LogP contribution is -2.67. The number of carbonyl (C=O) groups is 6. The molecule has 2 amide bonds. The fourth-order valence-corrected chi connectivity index (χ4v) is 14.3. The molecule has 1 heterocycles. The molecule has 0 spiro atoms. The topological polar surface area (TPSA) is 254 Å². The number of para-hydroxylation sites is 2. The molecule has 1 fully saturated rings. The number of phosphoric ester groups is 1. The number of alkyl halides is 6. The molecule has 112 heavy (non-hydrogen) atoms. The number of carbonyl (C=O) groups excluding carboxylic acids is 6. The number of unbranched alkanes of at least 4 members (excludes halogenated alkanes) is 28. The molecule has 0 aliphatic carbocycles. The summed E-state index contributed by atoms with van der Waals surface area (Å²) in [5, 5.41) is 5.68. The van der Waals surface area contributed by atoms with E-state index in [-0.39, 0.29) is 50.4 Å². The van der Waals surface area contributed by atoms with Gasteiger partial charge in [-0.3, -0.25) is 23.7 Å². The summed E-state index contributed by atoms with van der Waals surface area (Å²) in [4.78, 5) is 86.2. The molecule has 4 rings (SSSR count). The van der Waals surface area contributed by atoms with Gasteiger partial charge >= 0.3 is 38.0 Å². The lowest BCUT2D eigenvalue weighted by Gasteiger charge is -2.45. The van der Waals surface area contributed by atoms with Gasteiger partial charge in [-0.15, -0.1) is 0 Å². The smallest absolute Gasteiger partial charge is 0.462 e. The van der Waals surface area contributed by atoms with Crippen LogP contribution in [0.4, 0.5) is 9.59 Å². The average Bonchev–Trinajstić information content (AvgIpc) is 0.770. The minimum absolute atomic E-state index is 0.0276. The second-order valence-corrected chi connectivity index (χ2v) is 35.8. The van der Waals surface area contributed by atoms with E-state index in [0.29, 0.717) is 32.1 Å². The van der Waals surface area contributed by atoms with Crippen LogP contribution in [-0.4, -0.2) is 125 Å². The van der Waals surface area contributed by atoms with Crippen LogP contribution in [0.25, 0.3) is 0 Å². The summed E-state index contributed by atoms with van der Waals surface area (Å²) in [5.41, 5.74) is -1.03. The molecule has 8 atom stereocenters. The van der Waals surface area contributed by atoms with Crippen LogP contribution >= 0.6 is 77.4 Å². The van der Waals surface area contributed by atoms with Gasteiger partial charge in [0.2, 0.25) is 13.5 Å². The van der Waals surface area contributed by atoms with Gasteiger partial charge in [0, 0.05) is 12.8 Å². The van der Waals surface area contributed by atoms with Crippen LogP contribution in [0.1, 0.15) is 291 Å². The minimum atomic E-state index is -5.20. The van der Waals surface area contributed by atoms with Crippen LogP contribution in [0, 0.1) is 0 Å². The third-order valence-electron chi connectivity index (χ3n) is 19.0. The highest BCUT2D eigenvalue weighted by Crippen LogP contribution is 2.53. The predicted molar refractivity (Wildman–Crippen MR) is 442 cm³/mol. The number of hydrogen-bond donors (Lipinski definition) is 2. The highest BCUT2D eigenvalue weighted by atomic mass is 35.6. The lowest BCUT2D eigenvalue weighted by molar-refractivity contribution is -0.272. The Morgan fingerprint density at radius 2 is 0.938 bits per heavy atom. The summed E-state index contributed by atoms with van der Waals surface area (Å²) >= 11 is 37.3. The number of esters is 3. The Labute approximate surface area is 697 Å². The van der Waals surface area contributed by atoms with Crippen molar-refractivity contribution in [1.82, 2.24) is 10.6 Å². The molecular formula is C84H129Cl6N2O19P. The zero-order chi connectivity index (χ0) is 81.7. The van der Waals surface area contributed by atoms with Crippen molar-refractivity contribution in [3.05, 3.63) is 96.6 Å². The first-order chi connectivity index (χ1) is 53.7. The van der Waals surface area contributed by atoms with Crippen LogP contribution in [0.15, 0.2) is 91.0 Å². The first kappa shape index (κ1) is 99.8. The number of nitrogens with one attached hydrogen (secondary N) is 2. The van der Waals surface area contributed by atoms with Gasteiger partial charge in [0.25, 0.3) is 0 Å². The largest absolute Gasteiger partial charge is 0.588 e. The molecule has 1 aliphatic rings. The third kappa shape index (κ3) is 45.9. The first-order valence-corrected chi connectivity index (χ1v) is 44.9. The molecule has 0 aromatic heterocycles. The van der Waals surface area contributed by atoms with Crippen molar-refractivity contribution in [2.24, 2.45) is 0 Å². The second kappa shape index (κ2) is 58.4. The maximum absolute atomic E-state index is 15.9. The van der Waals surface area contributed by atoms with E-state index >= 15 is 9.36 Å². The maximum Gasteiger partial charge on any atom is 0.588 e. The van der Waals surface area contributed by atoms with Crippen molar-refractivity contribution in [3.8, 4) is 11.5 Å². The number of hydrogen-bond acceptors (Lipinski definition) is 19. The molecule has 636 valence electrons. The molecule has 3 aromatic rings. The quantitative estimate of drug-likeness (QED) is 0.0175. The van der Waals surface area contributed by atoms with Crippen LogP contribution in [0.2, 0.25) is 0 Å². The molecule has 1 aliphatic heterocycles. The summed E-state index contributed by atoms with van der Waals surface area (Å²) in [6.07, 6.45) is 20.1. The molecule has 0 saturated carbocycles. The van der Waals surface area contributed by atoms with Gasteiger partial charge in [-0.05, 0) is 82.2 Å². The van der Waals surface area contributed by atoms with E-state index in [1.165, 1.54) is 63.8 Å². The molecule has 0 unspecified atom stereocenters. The van der Waals surface area contributed by atoms with Crippen LogP contribution in [-0.2, 0) is 77.5 Å². The molecule has 21 nitrogen and oxygen atoms in total. The molecule has 2 N–H and O–H groups in total. The predicted octanol–water partition coefficient (Wildman–Crippen LogP) is 23.5. The van der Waals surface area contributed by atoms with Crippen molar-refractivity contribution in [2.45, 2.75) is 354 Å². The molecule has 1 saturated heterocycles. The van der Waals surface area contributed by atoms with Crippen molar-refractivity contribution >= 4 is 113 Å². The summed E-state index contributed by atoms with van der Waals surface area (Å²) in [6.45, 7) is 8.90. The Kier molecular flexibility index (Phi) is 52.0. The SMILES string of the molecule is CCCCCCCCCCC[C@H](CC(=O)N[C@H](COCc1ccccc1)CO[C@H]1O[C@H](COC(=O)OC(C)(C)C(Cl)(Cl)Cl)[C@@H](OP(=O)(Oc2ccccc2)Oc2ccccc2)[C@H](OC(=O)C[C@@H](CCCCCCCCCCC)OC(=O)CCCCCCCCC)[C@@H]1NC(=O)OCC(Cl)(Cl)Cl)OC(=O)CCCCCCCCC. The van der Waals surface area contributed by atoms with Gasteiger partial charge in [0.1, 0.15) is 55.2 Å². The lowest BCUT2D eigenvalue weighted by atomic mass is 9.96. The van der Waals surface area contributed by atoms with E-state index in [0.717, 1.165) is 160 Å². The van der Waals surface area contributed by atoms with Gasteiger partial charge in [-0.1, -0.05) is 344 Å². The third-order valence-corrected chi connectivity index (χ3v) is 22.1. The summed E-state index contributed by atoms with van der Waals surface area (Å²) in [6, 6.07) is 22.0. The van der Waals surface area contributed by atoms with Crippen molar-refractivity contribution in [1.29, 1.82) is 0 Å². The van der Waals surface area contributed by atoms with E-state index in [9.17, 15) is 24.0 Å². The summed E-state index contributed by atoms with van der Waals surface area (Å²) < 4.78 is 86.0. The second-order valence-electron chi connectivity index (χ2n) is 29.6. The first-order valence-electron chi connectivity index (χ1n) is 41.2. The van der Waals surface area contributed by atoms with Gasteiger partial charge in [-0.25, -0.2) is 14.2 Å². The molecule has 28 heteroatoms. The standard InChI is InChI=1S/C84H129Cl6N2O19P/c1-7-11-15-19-23-25-29-31-40-54-69(104-73(94)56-46-33-27-21-17-13-9-3)58-72(93)91-66(61-100-60-65-48-38-35-39-49-65)62-101-79-76(92-80(97)103-64-83(85,86)87)78(107-75(96)59-70(55-41-32-30-26-24-20-16-12-8-2)105-74(95)57-47-34-28-22-18-14-10-4)77(71(106-79)63-102-81(98)108-82(5,6)84(88,89)90)111-112(99,109-67-50-42-36-43-51-67)110-68-52-44-37-45-53-68/h35-39,42-45,48-53,66,69-71,76-79H,7-34,40-41,46-47,54-64H2,1-6H3,(H,91,93)(H,92,97)/t66-,69-,70-,71-,76+,77-,78-,79+/m1/s1. The molecule has 0 radical (unpaired) electrons. The highest BCUT2D eigenvalue weighted by molar-refractivity contribution is 7.49. The average molecular weight is 1710 g/mol. The van der Waals surface area contributed by atoms with Crippen molar-refractivity contribution in [2.75, 3.05) is 26.4 Å². The number of alkyl carbamates (subject to hydrolysis) is 1. The van der Waals surface area contributed by atoms with Crippen molar-refractivity contribution < 1.29 is 89.5 Å². The van der Waals surface area contributed by atoms with Gasteiger partial charge < -0.3 is 62.3 Å². The van der Waals surface area contributed by atoms with Crippen LogP contribution in [0.3, 0.4) is 0 Å². The van der Waals surface area contributed by atoms with Crippen molar-refractivity contribution in [3.63, 3.8) is 0 Å².